The highest BCUT2D eigenvalue weighted by Crippen LogP contribution is 2.37. The molecule has 8 nitrogen and oxygen atoms in total. The van der Waals surface area contributed by atoms with Crippen LogP contribution in [0.15, 0.2) is 51.5 Å². The third-order valence-corrected chi connectivity index (χ3v) is 6.11. The van der Waals surface area contributed by atoms with Crippen LogP contribution in [0.25, 0.3) is 21.1 Å². The van der Waals surface area contributed by atoms with Crippen LogP contribution in [0.4, 0.5) is 10.8 Å². The number of fused-ring (bicyclic) bond motifs is 2. The summed E-state index contributed by atoms with van der Waals surface area (Å²) >= 11 is 8.07. The summed E-state index contributed by atoms with van der Waals surface area (Å²) in [5.74, 6) is 0.0522. The molecule has 1 amide bonds. The molecule has 4 aromatic rings. The molecule has 29 heavy (non-hydrogen) atoms. The Kier molecular flexibility index (Phi) is 5.43. The Labute approximate surface area is 184 Å². The number of ether oxygens (including phenoxy) is 1. The number of hydrogen-bond acceptors (Lipinski definition) is 7. The molecule has 0 unspecified atom stereocenters. The number of non-ortho nitro benzene ring substituents is 1. The molecule has 0 saturated carbocycles. The van der Waals surface area contributed by atoms with Gasteiger partial charge < -0.3 is 4.74 Å². The fraction of sp³-hybridized carbons (Fsp3) is 0.0556. The number of nitro groups is 1. The summed E-state index contributed by atoms with van der Waals surface area (Å²) in [4.78, 5) is 31.3. The molecule has 0 atom stereocenters. The molecule has 146 valence electrons. The molecule has 2 aromatic carbocycles. The first-order valence-corrected chi connectivity index (χ1v) is 10.5. The topological polar surface area (TPSA) is 107 Å². The number of carbonyl (C=O) groups is 1. The van der Waals surface area contributed by atoms with Crippen LogP contribution in [-0.4, -0.2) is 27.4 Å². The quantitative estimate of drug-likeness (QED) is 0.273. The van der Waals surface area contributed by atoms with Gasteiger partial charge in [-0.05, 0) is 34.1 Å². The summed E-state index contributed by atoms with van der Waals surface area (Å²) < 4.78 is 7.84. The van der Waals surface area contributed by atoms with Gasteiger partial charge in [0, 0.05) is 28.2 Å². The first-order chi connectivity index (χ1) is 13.9. The molecule has 0 radical (unpaired) electrons. The first-order valence-electron chi connectivity index (χ1n) is 8.13. The van der Waals surface area contributed by atoms with E-state index in [1.807, 2.05) is 18.2 Å². The molecule has 2 aromatic heterocycles. The van der Waals surface area contributed by atoms with Gasteiger partial charge in [0.05, 0.1) is 19.6 Å². The van der Waals surface area contributed by atoms with Crippen molar-refractivity contribution >= 4 is 81.0 Å². The second-order valence-corrected chi connectivity index (χ2v) is 8.57. The van der Waals surface area contributed by atoms with Crippen molar-refractivity contribution in [2.45, 2.75) is 0 Å². The predicted molar refractivity (Wildman–Crippen MR) is 118 cm³/mol. The van der Waals surface area contributed by atoms with Gasteiger partial charge in [0.2, 0.25) is 0 Å². The minimum absolute atomic E-state index is 0.0261. The molecular formula is C18H10Br2N4O4S. The van der Waals surface area contributed by atoms with Crippen molar-refractivity contribution in [3.63, 3.8) is 0 Å². The molecule has 0 aliphatic rings. The average Bonchev–Trinajstić information content (AvgIpc) is 3.09. The van der Waals surface area contributed by atoms with E-state index in [9.17, 15) is 14.9 Å². The first kappa shape index (κ1) is 19.7. The van der Waals surface area contributed by atoms with Crippen LogP contribution in [0, 0.1) is 10.1 Å². The van der Waals surface area contributed by atoms with Gasteiger partial charge in [-0.15, -0.1) is 0 Å². The van der Waals surface area contributed by atoms with E-state index in [4.69, 9.17) is 4.74 Å². The summed E-state index contributed by atoms with van der Waals surface area (Å²) in [5.41, 5.74) is 1.17. The highest BCUT2D eigenvalue weighted by molar-refractivity contribution is 9.11. The molecular weight excluding hydrogens is 528 g/mol. The lowest BCUT2D eigenvalue weighted by molar-refractivity contribution is -0.384. The number of halogens is 2. The number of carbonyl (C=O) groups excluding carboxylic acids is 1. The van der Waals surface area contributed by atoms with E-state index in [2.05, 4.69) is 47.1 Å². The number of anilines is 1. The zero-order valence-corrected chi connectivity index (χ0v) is 18.4. The Morgan fingerprint density at radius 2 is 2.07 bits per heavy atom. The minimum atomic E-state index is -0.473. The van der Waals surface area contributed by atoms with Crippen LogP contribution < -0.4 is 10.1 Å². The minimum Gasteiger partial charge on any atom is -0.480 e. The van der Waals surface area contributed by atoms with Gasteiger partial charge in [-0.25, -0.2) is 4.98 Å². The zero-order valence-electron chi connectivity index (χ0n) is 14.4. The molecule has 0 bridgehead atoms. The van der Waals surface area contributed by atoms with Gasteiger partial charge in [-0.2, -0.15) is 0 Å². The van der Waals surface area contributed by atoms with E-state index in [0.717, 1.165) is 21.2 Å². The lowest BCUT2D eigenvalue weighted by Crippen LogP contribution is -2.20. The number of nitrogens with one attached hydrogen (secondary N) is 1. The molecule has 0 aliphatic heterocycles. The van der Waals surface area contributed by atoms with Crippen molar-refractivity contribution in [3.05, 3.63) is 61.7 Å². The number of benzene rings is 2. The number of rotatable bonds is 5. The van der Waals surface area contributed by atoms with E-state index < -0.39 is 10.8 Å². The van der Waals surface area contributed by atoms with Gasteiger partial charge in [-0.1, -0.05) is 33.3 Å². The van der Waals surface area contributed by atoms with Crippen molar-refractivity contribution in [2.24, 2.45) is 0 Å². The molecule has 0 aliphatic carbocycles. The summed E-state index contributed by atoms with van der Waals surface area (Å²) in [6.45, 7) is -0.248. The Hall–Kier alpha value is -2.63. The predicted octanol–water partition coefficient (Wildman–Crippen LogP) is 5.30. The maximum absolute atomic E-state index is 12.3. The fourth-order valence-electron chi connectivity index (χ4n) is 2.66. The molecule has 0 saturated heterocycles. The van der Waals surface area contributed by atoms with E-state index in [0.29, 0.717) is 31.1 Å². The van der Waals surface area contributed by atoms with Crippen LogP contribution in [0.5, 0.6) is 5.75 Å². The van der Waals surface area contributed by atoms with E-state index in [-0.39, 0.29) is 12.3 Å². The second-order valence-electron chi connectivity index (χ2n) is 5.83. The second kappa shape index (κ2) is 8.01. The zero-order chi connectivity index (χ0) is 20.5. The van der Waals surface area contributed by atoms with E-state index >= 15 is 0 Å². The van der Waals surface area contributed by atoms with E-state index in [1.165, 1.54) is 12.1 Å². The molecule has 0 spiro atoms. The number of nitro benzene ring substituents is 1. The van der Waals surface area contributed by atoms with Gasteiger partial charge >= 0.3 is 0 Å². The average molecular weight is 538 g/mol. The Morgan fingerprint density at radius 1 is 1.24 bits per heavy atom. The lowest BCUT2D eigenvalue weighted by Gasteiger charge is -2.11. The molecule has 2 heterocycles. The third-order valence-electron chi connectivity index (χ3n) is 3.93. The maximum atomic E-state index is 12.3. The summed E-state index contributed by atoms with van der Waals surface area (Å²) in [7, 11) is 0. The number of pyridine rings is 1. The standard InChI is InChI=1S/C18H10Br2N4O4S/c19-11-7-12(20)17(16-10(11)2-1-5-21-16)28-8-15(25)23-18-22-13-4-3-9(24(26)27)6-14(13)29-18/h1-7H,8H2,(H,22,23,25). The van der Waals surface area contributed by atoms with E-state index in [1.54, 1.807) is 12.3 Å². The number of thiazole rings is 1. The largest absolute Gasteiger partial charge is 0.480 e. The SMILES string of the molecule is O=C(COc1c(Br)cc(Br)c2cccnc12)Nc1nc2ccc([N+](=O)[O-])cc2s1. The number of hydrogen-bond donors (Lipinski definition) is 1. The van der Waals surface area contributed by atoms with Crippen molar-refractivity contribution < 1.29 is 14.5 Å². The van der Waals surface area contributed by atoms with Gasteiger partial charge in [0.1, 0.15) is 5.52 Å². The Bertz CT molecular complexity index is 1280. The monoisotopic (exact) mass is 536 g/mol. The van der Waals surface area contributed by atoms with Gasteiger partial charge in [-0.3, -0.25) is 25.2 Å². The smallest absolute Gasteiger partial charge is 0.270 e. The van der Waals surface area contributed by atoms with Crippen LogP contribution >= 0.6 is 43.2 Å². The molecule has 0 fully saturated rings. The molecule has 4 rings (SSSR count). The van der Waals surface area contributed by atoms with Crippen LogP contribution in [0.2, 0.25) is 0 Å². The van der Waals surface area contributed by atoms with Gasteiger partial charge in [0.15, 0.2) is 17.5 Å². The highest BCUT2D eigenvalue weighted by Gasteiger charge is 2.15. The molecule has 11 heteroatoms. The van der Waals surface area contributed by atoms with Crippen LogP contribution in [0.1, 0.15) is 0 Å². The maximum Gasteiger partial charge on any atom is 0.270 e. The van der Waals surface area contributed by atoms with Crippen molar-refractivity contribution in [2.75, 3.05) is 11.9 Å². The van der Waals surface area contributed by atoms with Crippen molar-refractivity contribution in [1.82, 2.24) is 9.97 Å². The normalized spacial score (nSPS) is 11.0. The van der Waals surface area contributed by atoms with Gasteiger partial charge in [0.25, 0.3) is 11.6 Å². The van der Waals surface area contributed by atoms with Crippen molar-refractivity contribution in [3.8, 4) is 5.75 Å². The molecule has 1 N–H and O–H groups in total. The summed E-state index contributed by atoms with van der Waals surface area (Å²) in [5, 5.41) is 14.7. The van der Waals surface area contributed by atoms with Crippen LogP contribution in [-0.2, 0) is 4.79 Å². The number of amides is 1. The summed E-state index contributed by atoms with van der Waals surface area (Å²) in [6, 6.07) is 9.89. The number of nitrogens with zero attached hydrogens (tertiary/aromatic N) is 3. The summed E-state index contributed by atoms with van der Waals surface area (Å²) in [6.07, 6.45) is 1.65. The Balaban J connectivity index is 1.50. The number of aromatic nitrogens is 2. The van der Waals surface area contributed by atoms with Crippen molar-refractivity contribution in [1.29, 1.82) is 0 Å². The fourth-order valence-corrected chi connectivity index (χ4v) is 4.96. The Morgan fingerprint density at radius 3 is 2.86 bits per heavy atom. The third kappa shape index (κ3) is 4.07. The highest BCUT2D eigenvalue weighted by atomic mass is 79.9. The van der Waals surface area contributed by atoms with Crippen LogP contribution in [0.3, 0.4) is 0 Å². The lowest BCUT2D eigenvalue weighted by atomic mass is 10.2.